The van der Waals surface area contributed by atoms with Crippen LogP contribution in [0.4, 0.5) is 28.4 Å². The lowest BCUT2D eigenvalue weighted by molar-refractivity contribution is 0.427. The van der Waals surface area contributed by atoms with Crippen LogP contribution in [0, 0.1) is 12.8 Å². The van der Waals surface area contributed by atoms with E-state index in [1.807, 2.05) is 0 Å². The Kier molecular flexibility index (Phi) is 12.6. The summed E-state index contributed by atoms with van der Waals surface area (Å²) in [5.74, 6) is 0.539. The monoisotopic (exact) mass is 928 g/mol. The Morgan fingerprint density at radius 3 is 1.01 bits per heavy atom. The maximum absolute atomic E-state index is 2.41. The molecule has 350 valence electrons. The summed E-state index contributed by atoms with van der Waals surface area (Å²) >= 11 is 0. The van der Waals surface area contributed by atoms with E-state index in [1.165, 1.54) is 82.7 Å². The van der Waals surface area contributed by atoms with Crippen LogP contribution in [0.3, 0.4) is 0 Å². The number of hydrogen-bond donors (Lipinski definition) is 0. The quantitative estimate of drug-likeness (QED) is 0.106. The second-order valence-corrected chi connectivity index (χ2v) is 20.0. The molecule has 1 atom stereocenters. The van der Waals surface area contributed by atoms with Gasteiger partial charge in [0, 0.05) is 40.9 Å². The molecule has 2 heteroatoms. The van der Waals surface area contributed by atoms with Gasteiger partial charge in [0.25, 0.3) is 0 Å². The van der Waals surface area contributed by atoms with Crippen LogP contribution in [0.1, 0.15) is 43.9 Å². The van der Waals surface area contributed by atoms with Gasteiger partial charge in [-0.05, 0) is 157 Å². The third kappa shape index (κ3) is 8.97. The summed E-state index contributed by atoms with van der Waals surface area (Å²) in [6.45, 7) is 9.21. The van der Waals surface area contributed by atoms with Gasteiger partial charge >= 0.3 is 0 Å². The fourth-order valence-corrected chi connectivity index (χ4v) is 11.0. The first-order valence-electron chi connectivity index (χ1n) is 25.4. The number of para-hydroxylation sites is 2. The Morgan fingerprint density at radius 2 is 0.625 bits per heavy atom. The van der Waals surface area contributed by atoms with Crippen LogP contribution in [0.25, 0.3) is 66.1 Å². The van der Waals surface area contributed by atoms with E-state index in [9.17, 15) is 0 Å². The normalized spacial score (nSPS) is 12.2. The number of anilines is 5. The van der Waals surface area contributed by atoms with E-state index in [2.05, 4.69) is 299 Å². The predicted octanol–water partition coefficient (Wildman–Crippen LogP) is 19.6. The average Bonchev–Trinajstić information content (AvgIpc) is 3.43. The van der Waals surface area contributed by atoms with Crippen LogP contribution in [0.15, 0.2) is 255 Å². The SMILES string of the molecule is Cc1ccc(-c2ccc(C(C)(CC(C)C)c3ccc(-c4ccc(N(c5ccccc5)c5ccc(-c6c7ccccc7c(-c7ccc(N(C)c8ccccc8)cc7)c7ccccc67)cc5)cc4)cc3)cc2)cc1. The second kappa shape index (κ2) is 19.7. The number of rotatable bonds is 13. The molecule has 0 radical (unpaired) electrons. The molecule has 2 nitrogen and oxygen atoms in total. The highest BCUT2D eigenvalue weighted by Crippen LogP contribution is 2.46. The minimum atomic E-state index is -0.120. The molecule has 0 aliphatic rings. The Morgan fingerprint density at radius 1 is 0.333 bits per heavy atom. The van der Waals surface area contributed by atoms with Crippen molar-refractivity contribution in [3.63, 3.8) is 0 Å². The number of nitrogens with zero attached hydrogens (tertiary/aromatic N) is 2. The molecular weight excluding hydrogens is 869 g/mol. The highest BCUT2D eigenvalue weighted by atomic mass is 15.1. The van der Waals surface area contributed by atoms with Crippen molar-refractivity contribution in [3.8, 4) is 44.5 Å². The molecule has 0 aromatic heterocycles. The van der Waals surface area contributed by atoms with Gasteiger partial charge in [0.2, 0.25) is 0 Å². The molecular formula is C70H60N2. The van der Waals surface area contributed by atoms with Crippen LogP contribution in [0.2, 0.25) is 0 Å². The molecule has 0 N–H and O–H groups in total. The molecule has 0 saturated carbocycles. The molecule has 0 amide bonds. The van der Waals surface area contributed by atoms with Gasteiger partial charge in [-0.2, -0.15) is 0 Å². The minimum Gasteiger partial charge on any atom is -0.345 e. The molecule has 0 fully saturated rings. The van der Waals surface area contributed by atoms with Crippen molar-refractivity contribution in [2.45, 2.75) is 39.5 Å². The van der Waals surface area contributed by atoms with E-state index in [1.54, 1.807) is 0 Å². The van der Waals surface area contributed by atoms with E-state index >= 15 is 0 Å². The van der Waals surface area contributed by atoms with Crippen molar-refractivity contribution in [1.29, 1.82) is 0 Å². The van der Waals surface area contributed by atoms with Gasteiger partial charge in [0.15, 0.2) is 0 Å². The Hall–Kier alpha value is -8.46. The fourth-order valence-electron chi connectivity index (χ4n) is 11.0. The van der Waals surface area contributed by atoms with E-state index in [4.69, 9.17) is 0 Å². The molecule has 0 bridgehead atoms. The highest BCUT2D eigenvalue weighted by molar-refractivity contribution is 6.21. The number of hydrogen-bond acceptors (Lipinski definition) is 2. The van der Waals surface area contributed by atoms with Crippen molar-refractivity contribution in [1.82, 2.24) is 0 Å². The van der Waals surface area contributed by atoms with Crippen molar-refractivity contribution in [2.24, 2.45) is 5.92 Å². The fraction of sp³-hybridized carbons (Fsp3) is 0.114. The van der Waals surface area contributed by atoms with Gasteiger partial charge in [-0.25, -0.2) is 0 Å². The van der Waals surface area contributed by atoms with E-state index in [0.717, 1.165) is 34.9 Å². The van der Waals surface area contributed by atoms with Gasteiger partial charge in [-0.3, -0.25) is 0 Å². The summed E-state index contributed by atoms with van der Waals surface area (Å²) in [6.07, 6.45) is 1.06. The maximum Gasteiger partial charge on any atom is 0.0462 e. The molecule has 11 aromatic rings. The summed E-state index contributed by atoms with van der Waals surface area (Å²) in [5.41, 5.74) is 19.3. The zero-order chi connectivity index (χ0) is 49.2. The first-order chi connectivity index (χ1) is 35.2. The molecule has 0 heterocycles. The van der Waals surface area contributed by atoms with Crippen LogP contribution >= 0.6 is 0 Å². The first-order valence-corrected chi connectivity index (χ1v) is 25.4. The number of fused-ring (bicyclic) bond motifs is 2. The van der Waals surface area contributed by atoms with Crippen molar-refractivity contribution in [3.05, 3.63) is 271 Å². The Labute approximate surface area is 426 Å². The smallest absolute Gasteiger partial charge is 0.0462 e. The summed E-state index contributed by atoms with van der Waals surface area (Å²) in [6, 6.07) is 93.6. The lowest BCUT2D eigenvalue weighted by Gasteiger charge is -2.33. The molecule has 11 rings (SSSR count). The van der Waals surface area contributed by atoms with E-state index < -0.39 is 0 Å². The standard InChI is InChI=1S/C70H60N2/c1-49(2)48-70(4,57-38-28-52(29-39-57)51-26-24-50(3)25-27-51)58-40-30-53(31-41-58)54-32-44-62(45-33-54)72(61-18-10-7-11-19-61)63-46-36-56(37-47-63)69-66-22-14-12-20-64(66)68(65-21-13-15-23-67(65)69)55-34-42-60(43-35-55)71(5)59-16-8-6-9-17-59/h6-47,49H,48H2,1-5H3. The van der Waals surface area contributed by atoms with Crippen LogP contribution in [-0.4, -0.2) is 7.05 Å². The topological polar surface area (TPSA) is 6.48 Å². The van der Waals surface area contributed by atoms with Gasteiger partial charge < -0.3 is 9.80 Å². The van der Waals surface area contributed by atoms with Crippen LogP contribution < -0.4 is 9.80 Å². The van der Waals surface area contributed by atoms with Crippen molar-refractivity contribution in [2.75, 3.05) is 16.8 Å². The lowest BCUT2D eigenvalue weighted by Crippen LogP contribution is -2.25. The third-order valence-electron chi connectivity index (χ3n) is 14.8. The average molecular weight is 929 g/mol. The van der Waals surface area contributed by atoms with Crippen LogP contribution in [-0.2, 0) is 5.41 Å². The molecule has 11 aromatic carbocycles. The summed E-state index contributed by atoms with van der Waals surface area (Å²) < 4.78 is 0. The molecule has 0 saturated heterocycles. The molecule has 0 aliphatic heterocycles. The lowest BCUT2D eigenvalue weighted by atomic mass is 9.70. The summed E-state index contributed by atoms with van der Waals surface area (Å²) in [4.78, 5) is 4.59. The molecule has 1 unspecified atom stereocenters. The first kappa shape index (κ1) is 46.0. The highest BCUT2D eigenvalue weighted by Gasteiger charge is 2.30. The Bertz CT molecular complexity index is 3540. The zero-order valence-corrected chi connectivity index (χ0v) is 41.9. The molecule has 72 heavy (non-hydrogen) atoms. The summed E-state index contributed by atoms with van der Waals surface area (Å²) in [5, 5.41) is 4.97. The van der Waals surface area contributed by atoms with Gasteiger partial charge in [0.05, 0.1) is 0 Å². The molecule has 0 aliphatic carbocycles. The third-order valence-corrected chi connectivity index (χ3v) is 14.8. The van der Waals surface area contributed by atoms with Gasteiger partial charge in [-0.15, -0.1) is 0 Å². The second-order valence-electron chi connectivity index (χ2n) is 20.0. The number of benzene rings is 11. The van der Waals surface area contributed by atoms with E-state index in [-0.39, 0.29) is 5.41 Å². The van der Waals surface area contributed by atoms with E-state index in [0.29, 0.717) is 5.92 Å². The zero-order valence-electron chi connectivity index (χ0n) is 41.9. The van der Waals surface area contributed by atoms with Gasteiger partial charge in [0.1, 0.15) is 0 Å². The number of aryl methyl sites for hydroxylation is 1. The maximum atomic E-state index is 2.41. The predicted molar refractivity (Wildman–Crippen MR) is 309 cm³/mol. The molecule has 0 spiro atoms. The largest absolute Gasteiger partial charge is 0.345 e. The Balaban J connectivity index is 0.893. The van der Waals surface area contributed by atoms with Crippen molar-refractivity contribution < 1.29 is 0 Å². The minimum absolute atomic E-state index is 0.120. The summed E-state index contributed by atoms with van der Waals surface area (Å²) in [7, 11) is 2.13. The van der Waals surface area contributed by atoms with Crippen LogP contribution in [0.5, 0.6) is 0 Å². The van der Waals surface area contributed by atoms with Gasteiger partial charge in [-0.1, -0.05) is 220 Å². The van der Waals surface area contributed by atoms with Crippen molar-refractivity contribution >= 4 is 50.0 Å².